The van der Waals surface area contributed by atoms with E-state index >= 15 is 0 Å². The van der Waals surface area contributed by atoms with Crippen molar-refractivity contribution in [1.82, 2.24) is 20.4 Å². The molecule has 2 aliphatic heterocycles. The van der Waals surface area contributed by atoms with Crippen LogP contribution >= 0.6 is 0 Å². The molecule has 7 heteroatoms. The molecule has 3 fully saturated rings. The van der Waals surface area contributed by atoms with E-state index in [1.54, 1.807) is 0 Å². The van der Waals surface area contributed by atoms with Crippen LogP contribution in [0.25, 0.3) is 0 Å². The third-order valence-corrected chi connectivity index (χ3v) is 7.38. The third kappa shape index (κ3) is 4.81. The topological polar surface area (TPSA) is 77.0 Å². The Morgan fingerprint density at radius 3 is 2.26 bits per heavy atom. The summed E-state index contributed by atoms with van der Waals surface area (Å²) in [6, 6.07) is 0. The van der Waals surface area contributed by atoms with Crippen molar-refractivity contribution in [1.29, 1.82) is 0 Å². The summed E-state index contributed by atoms with van der Waals surface area (Å²) < 4.78 is 0. The van der Waals surface area contributed by atoms with Crippen molar-refractivity contribution < 1.29 is 9.59 Å². The van der Waals surface area contributed by atoms with Gasteiger partial charge >= 0.3 is 0 Å². The number of rotatable bonds is 8. The smallest absolute Gasteiger partial charge is 0.233 e. The van der Waals surface area contributed by atoms with Crippen molar-refractivity contribution in [2.45, 2.75) is 40.0 Å². The van der Waals surface area contributed by atoms with Crippen LogP contribution in [0, 0.1) is 35.5 Å². The van der Waals surface area contributed by atoms with Gasteiger partial charge in [-0.15, -0.1) is 0 Å². The number of hydrogen-bond acceptors (Lipinski definition) is 4. The van der Waals surface area contributed by atoms with E-state index in [9.17, 15) is 9.59 Å². The van der Waals surface area contributed by atoms with E-state index in [2.05, 4.69) is 53.4 Å². The minimum Gasteiger partial charge on any atom is -0.357 e. The number of imide groups is 1. The first-order valence-corrected chi connectivity index (χ1v) is 12.3. The highest BCUT2D eigenvalue weighted by molar-refractivity contribution is 6.06. The Kier molecular flexibility index (Phi) is 6.99. The number of allylic oxidation sites excluding steroid dienone is 2. The summed E-state index contributed by atoms with van der Waals surface area (Å²) in [5.41, 5.74) is 0. The zero-order chi connectivity index (χ0) is 22.0. The molecule has 0 radical (unpaired) electrons. The van der Waals surface area contributed by atoms with Gasteiger partial charge in [0.05, 0.1) is 11.8 Å². The van der Waals surface area contributed by atoms with Crippen molar-refractivity contribution in [3.8, 4) is 0 Å². The first kappa shape index (κ1) is 22.3. The van der Waals surface area contributed by atoms with Crippen LogP contribution in [0.1, 0.15) is 40.0 Å². The molecule has 2 bridgehead atoms. The van der Waals surface area contributed by atoms with Gasteiger partial charge in [0.25, 0.3) is 0 Å². The summed E-state index contributed by atoms with van der Waals surface area (Å²) in [6.07, 6.45) is 7.31. The third-order valence-electron chi connectivity index (χ3n) is 7.38. The van der Waals surface area contributed by atoms with Crippen LogP contribution in [0.4, 0.5) is 0 Å². The molecule has 2 heterocycles. The van der Waals surface area contributed by atoms with Crippen molar-refractivity contribution in [3.05, 3.63) is 12.2 Å². The molecule has 2 aliphatic carbocycles. The highest BCUT2D eigenvalue weighted by Crippen LogP contribution is 2.52. The quantitative estimate of drug-likeness (QED) is 0.202. The fourth-order valence-electron chi connectivity index (χ4n) is 6.25. The maximum atomic E-state index is 12.8. The number of carbonyl (C=O) groups excluding carboxylic acids is 2. The Labute approximate surface area is 186 Å². The Morgan fingerprint density at radius 2 is 1.65 bits per heavy atom. The normalized spacial score (nSPS) is 35.2. The minimum atomic E-state index is -0.0924. The number of nitrogens with zero attached hydrogens (tertiary/aromatic N) is 3. The zero-order valence-electron chi connectivity index (χ0n) is 19.3. The van der Waals surface area contributed by atoms with E-state index in [0.29, 0.717) is 19.5 Å². The van der Waals surface area contributed by atoms with Crippen molar-refractivity contribution in [2.75, 3.05) is 45.8 Å². The Bertz CT molecular complexity index is 695. The number of carbonyl (C=O) groups is 2. The number of aliphatic imine (C=N–C) groups is 1. The van der Waals surface area contributed by atoms with Crippen molar-refractivity contribution >= 4 is 17.8 Å². The highest BCUT2D eigenvalue weighted by Gasteiger charge is 2.58. The second-order valence-electron chi connectivity index (χ2n) is 10.1. The van der Waals surface area contributed by atoms with Crippen LogP contribution < -0.4 is 10.6 Å². The molecule has 1 saturated carbocycles. The number of likely N-dealkylation sites (tertiary alicyclic amines) is 2. The van der Waals surface area contributed by atoms with Crippen LogP contribution in [0.2, 0.25) is 0 Å². The predicted molar refractivity (Wildman–Crippen MR) is 122 cm³/mol. The standard InChI is InChI=1S/C24H39N5O2/c1-4-25-24(27-9-11-28-14-16(2)12-17(3)15-28)26-8-5-10-29-22(30)20-18-6-7-19(13-18)21(20)23(29)31/h6-7,16-21H,4-5,8-15H2,1-3H3,(H2,25,26,27). The van der Waals surface area contributed by atoms with Crippen molar-refractivity contribution in [2.24, 2.45) is 40.5 Å². The lowest BCUT2D eigenvalue weighted by Crippen LogP contribution is -2.45. The van der Waals surface area contributed by atoms with E-state index < -0.39 is 0 Å². The molecule has 6 unspecified atom stereocenters. The van der Waals surface area contributed by atoms with E-state index in [1.165, 1.54) is 24.4 Å². The largest absolute Gasteiger partial charge is 0.357 e. The highest BCUT2D eigenvalue weighted by atomic mass is 16.2. The first-order chi connectivity index (χ1) is 15.0. The summed E-state index contributed by atoms with van der Waals surface area (Å²) in [6.45, 7) is 12.9. The SMILES string of the molecule is CCNC(=NCCCN1C(=O)C2C3C=CC(C3)C2C1=O)NCCN1CC(C)CC(C)C1. The molecule has 7 nitrogen and oxygen atoms in total. The number of amides is 2. The zero-order valence-corrected chi connectivity index (χ0v) is 19.3. The van der Waals surface area contributed by atoms with Gasteiger partial charge in [0, 0.05) is 45.8 Å². The molecule has 2 saturated heterocycles. The maximum Gasteiger partial charge on any atom is 0.233 e. The number of guanidine groups is 1. The molecular formula is C24H39N5O2. The molecule has 0 aromatic heterocycles. The van der Waals surface area contributed by atoms with Crippen molar-refractivity contribution in [3.63, 3.8) is 0 Å². The van der Waals surface area contributed by atoms with Gasteiger partial charge in [-0.25, -0.2) is 0 Å². The summed E-state index contributed by atoms with van der Waals surface area (Å²) in [5, 5.41) is 6.74. The molecule has 4 aliphatic rings. The number of nitrogens with one attached hydrogen (secondary N) is 2. The molecule has 6 atom stereocenters. The lowest BCUT2D eigenvalue weighted by Gasteiger charge is -2.35. The maximum absolute atomic E-state index is 12.8. The number of hydrogen-bond donors (Lipinski definition) is 2. The molecule has 4 rings (SSSR count). The first-order valence-electron chi connectivity index (χ1n) is 12.3. The lowest BCUT2D eigenvalue weighted by atomic mass is 9.85. The van der Waals surface area contributed by atoms with Crippen LogP contribution in [-0.2, 0) is 9.59 Å². The molecule has 0 aromatic carbocycles. The van der Waals surface area contributed by atoms with E-state index in [1.807, 2.05) is 0 Å². The van der Waals surface area contributed by atoms with Gasteiger partial charge in [-0.2, -0.15) is 0 Å². The molecule has 31 heavy (non-hydrogen) atoms. The summed E-state index contributed by atoms with van der Waals surface area (Å²) in [5.74, 6) is 2.83. The van der Waals surface area contributed by atoms with Gasteiger partial charge in [0.1, 0.15) is 0 Å². The van der Waals surface area contributed by atoms with Gasteiger partial charge in [-0.1, -0.05) is 26.0 Å². The van der Waals surface area contributed by atoms with Crippen LogP contribution in [0.5, 0.6) is 0 Å². The van der Waals surface area contributed by atoms with Crippen LogP contribution in [0.15, 0.2) is 17.1 Å². The Morgan fingerprint density at radius 1 is 1.00 bits per heavy atom. The van der Waals surface area contributed by atoms with Crippen LogP contribution in [-0.4, -0.2) is 73.4 Å². The average Bonchev–Trinajstić information content (AvgIpc) is 3.39. The molecular weight excluding hydrogens is 390 g/mol. The van der Waals surface area contributed by atoms with Gasteiger partial charge in [0.15, 0.2) is 5.96 Å². The minimum absolute atomic E-state index is 0.0471. The molecule has 2 amide bonds. The second kappa shape index (κ2) is 9.72. The number of piperidine rings is 1. The van der Waals surface area contributed by atoms with Gasteiger partial charge in [0.2, 0.25) is 11.8 Å². The van der Waals surface area contributed by atoms with Gasteiger partial charge in [-0.3, -0.25) is 19.5 Å². The lowest BCUT2D eigenvalue weighted by molar-refractivity contribution is -0.140. The Hall–Kier alpha value is -1.89. The monoisotopic (exact) mass is 429 g/mol. The van der Waals surface area contributed by atoms with E-state index in [4.69, 9.17) is 0 Å². The molecule has 0 aromatic rings. The second-order valence-corrected chi connectivity index (χ2v) is 10.1. The molecule has 0 spiro atoms. The van der Waals surface area contributed by atoms with E-state index in [0.717, 1.165) is 43.9 Å². The molecule has 2 N–H and O–H groups in total. The number of fused-ring (bicyclic) bond motifs is 5. The summed E-state index contributed by atoms with van der Waals surface area (Å²) in [7, 11) is 0. The summed E-state index contributed by atoms with van der Waals surface area (Å²) in [4.78, 5) is 34.2. The average molecular weight is 430 g/mol. The van der Waals surface area contributed by atoms with Gasteiger partial charge < -0.3 is 15.5 Å². The van der Waals surface area contributed by atoms with E-state index in [-0.39, 0.29) is 35.5 Å². The molecule has 172 valence electrons. The van der Waals surface area contributed by atoms with Gasteiger partial charge in [-0.05, 0) is 49.9 Å². The van der Waals surface area contributed by atoms with Crippen LogP contribution in [0.3, 0.4) is 0 Å². The fraction of sp³-hybridized carbons (Fsp3) is 0.792. The predicted octanol–water partition coefficient (Wildman–Crippen LogP) is 1.72. The summed E-state index contributed by atoms with van der Waals surface area (Å²) >= 11 is 0. The fourth-order valence-corrected chi connectivity index (χ4v) is 6.25. The Balaban J connectivity index is 1.20.